The van der Waals surface area contributed by atoms with Crippen LogP contribution >= 0.6 is 0 Å². The van der Waals surface area contributed by atoms with E-state index in [0.717, 1.165) is 50.9 Å². The van der Waals surface area contributed by atoms with E-state index < -0.39 is 0 Å². The van der Waals surface area contributed by atoms with Gasteiger partial charge in [0.15, 0.2) is 5.96 Å². The highest BCUT2D eigenvalue weighted by molar-refractivity contribution is 5.79. The Balaban J connectivity index is 1.83. The fourth-order valence-corrected chi connectivity index (χ4v) is 2.32. The van der Waals surface area contributed by atoms with Gasteiger partial charge in [-0.05, 0) is 38.0 Å². The lowest BCUT2D eigenvalue weighted by Crippen LogP contribution is -2.39. The number of guanidine groups is 1. The average Bonchev–Trinajstić information content (AvgIpc) is 3.13. The molecule has 25 heavy (non-hydrogen) atoms. The van der Waals surface area contributed by atoms with E-state index in [4.69, 9.17) is 9.15 Å². The molecule has 0 aliphatic rings. The van der Waals surface area contributed by atoms with Crippen LogP contribution in [0.25, 0.3) is 0 Å². The molecule has 0 spiro atoms. The molecule has 0 fully saturated rings. The SMILES string of the molecule is CCOCCCNC(=NCc1ccc(C)cc1)NCCc1ccco1. The second-order valence-corrected chi connectivity index (χ2v) is 5.88. The van der Waals surface area contributed by atoms with Crippen LogP contribution in [0, 0.1) is 6.92 Å². The van der Waals surface area contributed by atoms with Crippen LogP contribution in [0.5, 0.6) is 0 Å². The van der Waals surface area contributed by atoms with E-state index in [-0.39, 0.29) is 0 Å². The van der Waals surface area contributed by atoms with Crippen molar-refractivity contribution in [1.82, 2.24) is 10.6 Å². The lowest BCUT2D eigenvalue weighted by molar-refractivity contribution is 0.145. The molecule has 0 radical (unpaired) electrons. The van der Waals surface area contributed by atoms with E-state index in [9.17, 15) is 0 Å². The number of furan rings is 1. The van der Waals surface area contributed by atoms with Gasteiger partial charge in [0.1, 0.15) is 5.76 Å². The van der Waals surface area contributed by atoms with Crippen LogP contribution in [0.3, 0.4) is 0 Å². The van der Waals surface area contributed by atoms with Crippen molar-refractivity contribution in [2.45, 2.75) is 33.2 Å². The van der Waals surface area contributed by atoms with Crippen molar-refractivity contribution in [3.63, 3.8) is 0 Å². The van der Waals surface area contributed by atoms with E-state index in [1.165, 1.54) is 11.1 Å². The zero-order valence-electron chi connectivity index (χ0n) is 15.3. The molecule has 1 aromatic carbocycles. The Morgan fingerprint density at radius 2 is 1.92 bits per heavy atom. The molecule has 0 aliphatic carbocycles. The second kappa shape index (κ2) is 11.3. The van der Waals surface area contributed by atoms with E-state index in [2.05, 4.69) is 46.8 Å². The Labute approximate surface area is 150 Å². The molecule has 0 saturated carbocycles. The smallest absolute Gasteiger partial charge is 0.191 e. The topological polar surface area (TPSA) is 58.8 Å². The minimum absolute atomic E-state index is 0.655. The minimum Gasteiger partial charge on any atom is -0.469 e. The first-order chi connectivity index (χ1) is 12.3. The quantitative estimate of drug-likeness (QED) is 0.395. The summed E-state index contributed by atoms with van der Waals surface area (Å²) in [6.45, 7) is 7.89. The van der Waals surface area contributed by atoms with Gasteiger partial charge in [0.05, 0.1) is 12.8 Å². The average molecular weight is 343 g/mol. The van der Waals surface area contributed by atoms with Crippen LogP contribution in [0.4, 0.5) is 0 Å². The number of nitrogens with one attached hydrogen (secondary N) is 2. The second-order valence-electron chi connectivity index (χ2n) is 5.88. The molecule has 0 aliphatic heterocycles. The highest BCUT2D eigenvalue weighted by atomic mass is 16.5. The molecule has 1 heterocycles. The lowest BCUT2D eigenvalue weighted by atomic mass is 10.1. The third kappa shape index (κ3) is 7.90. The van der Waals surface area contributed by atoms with Gasteiger partial charge >= 0.3 is 0 Å². The molecular weight excluding hydrogens is 314 g/mol. The number of hydrogen-bond donors (Lipinski definition) is 2. The summed E-state index contributed by atoms with van der Waals surface area (Å²) in [7, 11) is 0. The van der Waals surface area contributed by atoms with Gasteiger partial charge in [-0.2, -0.15) is 0 Å². The van der Waals surface area contributed by atoms with Crippen LogP contribution < -0.4 is 10.6 Å². The summed E-state index contributed by atoms with van der Waals surface area (Å²) in [5, 5.41) is 6.74. The monoisotopic (exact) mass is 343 g/mol. The van der Waals surface area contributed by atoms with Crippen LogP contribution in [-0.4, -0.2) is 32.3 Å². The Bertz CT molecular complexity index is 606. The fourth-order valence-electron chi connectivity index (χ4n) is 2.32. The predicted molar refractivity (Wildman–Crippen MR) is 102 cm³/mol. The lowest BCUT2D eigenvalue weighted by Gasteiger charge is -2.12. The van der Waals surface area contributed by atoms with Crippen molar-refractivity contribution in [3.05, 3.63) is 59.5 Å². The number of benzene rings is 1. The van der Waals surface area contributed by atoms with Gasteiger partial charge in [-0.15, -0.1) is 0 Å². The molecule has 0 bridgehead atoms. The van der Waals surface area contributed by atoms with Gasteiger partial charge in [0.25, 0.3) is 0 Å². The normalized spacial score (nSPS) is 11.5. The van der Waals surface area contributed by atoms with Gasteiger partial charge in [0.2, 0.25) is 0 Å². The summed E-state index contributed by atoms with van der Waals surface area (Å²) in [4.78, 5) is 4.68. The molecule has 5 heteroatoms. The third-order valence-corrected chi connectivity index (χ3v) is 3.75. The molecule has 1 aromatic heterocycles. The molecule has 2 rings (SSSR count). The number of aryl methyl sites for hydroxylation is 1. The predicted octanol–water partition coefficient (Wildman–Crippen LogP) is 3.29. The zero-order valence-corrected chi connectivity index (χ0v) is 15.3. The summed E-state index contributed by atoms with van der Waals surface area (Å²) < 4.78 is 10.7. The van der Waals surface area contributed by atoms with Crippen molar-refractivity contribution < 1.29 is 9.15 Å². The number of ether oxygens (including phenoxy) is 1. The molecule has 5 nitrogen and oxygen atoms in total. The molecule has 0 atom stereocenters. The molecule has 136 valence electrons. The highest BCUT2D eigenvalue weighted by Gasteiger charge is 2.01. The largest absolute Gasteiger partial charge is 0.469 e. The number of rotatable bonds is 10. The molecule has 2 aromatic rings. The van der Waals surface area contributed by atoms with Gasteiger partial charge in [-0.1, -0.05) is 29.8 Å². The maximum Gasteiger partial charge on any atom is 0.191 e. The summed E-state index contributed by atoms with van der Waals surface area (Å²) >= 11 is 0. The van der Waals surface area contributed by atoms with Gasteiger partial charge < -0.3 is 19.8 Å². The summed E-state index contributed by atoms with van der Waals surface area (Å²) in [5.74, 6) is 1.80. The van der Waals surface area contributed by atoms with E-state index >= 15 is 0 Å². The standard InChI is InChI=1S/C20H29N3O2/c1-3-24-14-5-12-21-20(22-13-11-19-6-4-15-25-19)23-16-18-9-7-17(2)8-10-18/h4,6-10,15H,3,5,11-14,16H2,1-2H3,(H2,21,22,23). The zero-order chi connectivity index (χ0) is 17.7. The summed E-state index contributed by atoms with van der Waals surface area (Å²) in [6, 6.07) is 12.4. The summed E-state index contributed by atoms with van der Waals surface area (Å²) in [5.41, 5.74) is 2.46. The van der Waals surface area contributed by atoms with E-state index in [1.807, 2.05) is 19.1 Å². The first kappa shape index (κ1) is 19.1. The Morgan fingerprint density at radius 1 is 1.12 bits per heavy atom. The van der Waals surface area contributed by atoms with Crippen molar-refractivity contribution >= 4 is 5.96 Å². The third-order valence-electron chi connectivity index (χ3n) is 3.75. The molecule has 0 unspecified atom stereocenters. The number of aliphatic imine (C=N–C) groups is 1. The van der Waals surface area contributed by atoms with E-state index in [1.54, 1.807) is 6.26 Å². The Kier molecular flexibility index (Phi) is 8.63. The van der Waals surface area contributed by atoms with Crippen molar-refractivity contribution in [2.24, 2.45) is 4.99 Å². The number of hydrogen-bond acceptors (Lipinski definition) is 3. The number of nitrogens with zero attached hydrogens (tertiary/aromatic N) is 1. The molecule has 2 N–H and O–H groups in total. The van der Waals surface area contributed by atoms with Gasteiger partial charge in [0, 0.05) is 32.7 Å². The molecule has 0 amide bonds. The first-order valence-electron chi connectivity index (χ1n) is 8.96. The first-order valence-corrected chi connectivity index (χ1v) is 8.96. The van der Waals surface area contributed by atoms with Crippen LogP contribution in [0.15, 0.2) is 52.1 Å². The van der Waals surface area contributed by atoms with Crippen molar-refractivity contribution in [2.75, 3.05) is 26.3 Å². The fraction of sp³-hybridized carbons (Fsp3) is 0.450. The van der Waals surface area contributed by atoms with E-state index in [0.29, 0.717) is 6.54 Å². The minimum atomic E-state index is 0.655. The van der Waals surface area contributed by atoms with Gasteiger partial charge in [-0.3, -0.25) is 0 Å². The maximum absolute atomic E-state index is 5.37. The van der Waals surface area contributed by atoms with Crippen LogP contribution in [0.2, 0.25) is 0 Å². The molecular formula is C20H29N3O2. The highest BCUT2D eigenvalue weighted by Crippen LogP contribution is 2.04. The van der Waals surface area contributed by atoms with Crippen LogP contribution in [0.1, 0.15) is 30.2 Å². The van der Waals surface area contributed by atoms with Crippen molar-refractivity contribution in [3.8, 4) is 0 Å². The Hall–Kier alpha value is -2.27. The molecule has 0 saturated heterocycles. The Morgan fingerprint density at radius 3 is 2.64 bits per heavy atom. The van der Waals surface area contributed by atoms with Gasteiger partial charge in [-0.25, -0.2) is 4.99 Å². The van der Waals surface area contributed by atoms with Crippen LogP contribution in [-0.2, 0) is 17.7 Å². The maximum atomic E-state index is 5.37. The summed E-state index contributed by atoms with van der Waals surface area (Å²) in [6.07, 6.45) is 3.49. The van der Waals surface area contributed by atoms with Crippen molar-refractivity contribution in [1.29, 1.82) is 0 Å².